The van der Waals surface area contributed by atoms with Crippen molar-refractivity contribution in [2.45, 2.75) is 40.0 Å². The Balaban J connectivity index is 1.42. The number of aromatic amines is 1. The lowest BCUT2D eigenvalue weighted by Gasteiger charge is -2.30. The third kappa shape index (κ3) is 8.92. The van der Waals surface area contributed by atoms with E-state index < -0.39 is 0 Å². The van der Waals surface area contributed by atoms with E-state index in [-0.39, 0.29) is 21.9 Å². The number of phenols is 1. The number of aromatic hydroxyl groups is 1. The number of phenolic OH excluding ortho intramolecular Hbond substituents is 1. The Morgan fingerprint density at radius 1 is 1.08 bits per heavy atom. The molecule has 0 bridgehead atoms. The fraction of sp³-hybridized carbons (Fsp3) is 0.481. The van der Waals surface area contributed by atoms with Crippen LogP contribution in [0.4, 0.5) is 0 Å². The molecule has 0 unspecified atom stereocenters. The molecule has 196 valence electrons. The van der Waals surface area contributed by atoms with Gasteiger partial charge in [-0.05, 0) is 60.7 Å². The topological polar surface area (TPSA) is 97.5 Å². The van der Waals surface area contributed by atoms with Crippen LogP contribution in [0.2, 0.25) is 5.02 Å². The van der Waals surface area contributed by atoms with Gasteiger partial charge in [0.15, 0.2) is 0 Å². The van der Waals surface area contributed by atoms with Gasteiger partial charge < -0.3 is 25.6 Å². The number of thiazole rings is 1. The first kappa shape index (κ1) is 28.2. The van der Waals surface area contributed by atoms with Crippen molar-refractivity contribution in [3.63, 3.8) is 0 Å². The van der Waals surface area contributed by atoms with Crippen LogP contribution in [0.1, 0.15) is 38.3 Å². The number of rotatable bonds is 13. The van der Waals surface area contributed by atoms with Crippen LogP contribution in [0.25, 0.3) is 10.2 Å². The maximum atomic E-state index is 12.9. The van der Waals surface area contributed by atoms with Crippen molar-refractivity contribution in [2.24, 2.45) is 5.41 Å². The van der Waals surface area contributed by atoms with Gasteiger partial charge in [0, 0.05) is 37.6 Å². The molecule has 3 aromatic rings. The van der Waals surface area contributed by atoms with Crippen LogP contribution in [-0.4, -0.2) is 60.2 Å². The maximum Gasteiger partial charge on any atom is 0.305 e. The van der Waals surface area contributed by atoms with Crippen molar-refractivity contribution in [3.8, 4) is 5.75 Å². The van der Waals surface area contributed by atoms with Crippen molar-refractivity contribution in [2.75, 3.05) is 39.3 Å². The van der Waals surface area contributed by atoms with Gasteiger partial charge in [-0.3, -0.25) is 9.59 Å². The zero-order chi connectivity index (χ0) is 26.1. The highest BCUT2D eigenvalue weighted by Gasteiger charge is 2.20. The molecule has 4 N–H and O–H groups in total. The zero-order valence-corrected chi connectivity index (χ0v) is 22.9. The molecule has 1 heterocycles. The molecule has 1 amide bonds. The molecule has 0 aliphatic rings. The number of hydrogen-bond donors (Lipinski definition) is 4. The highest BCUT2D eigenvalue weighted by atomic mass is 35.5. The molecule has 36 heavy (non-hydrogen) atoms. The van der Waals surface area contributed by atoms with Gasteiger partial charge in [-0.1, -0.05) is 61.9 Å². The van der Waals surface area contributed by atoms with Gasteiger partial charge in [0.25, 0.3) is 0 Å². The Morgan fingerprint density at radius 3 is 2.58 bits per heavy atom. The lowest BCUT2D eigenvalue weighted by Crippen LogP contribution is -2.42. The normalized spacial score (nSPS) is 11.8. The number of hydrogen-bond acceptors (Lipinski definition) is 6. The summed E-state index contributed by atoms with van der Waals surface area (Å²) in [6, 6.07) is 11.3. The number of H-pyrrole nitrogens is 1. The average Bonchev–Trinajstić information content (AvgIpc) is 3.21. The summed E-state index contributed by atoms with van der Waals surface area (Å²) in [7, 11) is 0. The Labute approximate surface area is 221 Å². The Morgan fingerprint density at radius 2 is 1.83 bits per heavy atom. The van der Waals surface area contributed by atoms with Crippen molar-refractivity contribution in [1.29, 1.82) is 0 Å². The van der Waals surface area contributed by atoms with Gasteiger partial charge in [-0.25, -0.2) is 0 Å². The van der Waals surface area contributed by atoms with E-state index in [0.29, 0.717) is 44.7 Å². The Bertz CT molecular complexity index is 1200. The van der Waals surface area contributed by atoms with Crippen LogP contribution in [0.5, 0.6) is 5.75 Å². The first-order chi connectivity index (χ1) is 17.1. The standard InChI is InChI=1S/C27H37ClN4O3S/c1-27(2,3)18-32(23(34)11-14-29-12-9-19-5-4-6-21(28)17-19)16-15-30-13-10-20-7-8-22(33)24-25(20)36-26(35)31-24/h4-8,17,29-30,33H,9-16,18H2,1-3H3,(H,31,35). The number of carbonyl (C=O) groups excluding carboxylic acids is 1. The minimum Gasteiger partial charge on any atom is -0.506 e. The number of halogens is 1. The molecule has 0 atom stereocenters. The van der Waals surface area contributed by atoms with Crippen LogP contribution in [-0.2, 0) is 17.6 Å². The van der Waals surface area contributed by atoms with Crippen LogP contribution in [0.15, 0.2) is 41.2 Å². The van der Waals surface area contributed by atoms with Crippen LogP contribution < -0.4 is 15.5 Å². The summed E-state index contributed by atoms with van der Waals surface area (Å²) in [6.07, 6.45) is 2.06. The molecule has 2 aromatic carbocycles. The van der Waals surface area contributed by atoms with Crippen LogP contribution >= 0.6 is 22.9 Å². The van der Waals surface area contributed by atoms with Crippen LogP contribution in [0, 0.1) is 5.41 Å². The molecule has 7 nitrogen and oxygen atoms in total. The Kier molecular flexibility index (Phi) is 10.4. The second-order valence-electron chi connectivity index (χ2n) is 10.2. The highest BCUT2D eigenvalue weighted by Crippen LogP contribution is 2.27. The van der Waals surface area contributed by atoms with Crippen molar-refractivity contribution < 1.29 is 9.90 Å². The summed E-state index contributed by atoms with van der Waals surface area (Å²) >= 11 is 7.16. The van der Waals surface area contributed by atoms with Crippen molar-refractivity contribution >= 4 is 39.1 Å². The van der Waals surface area contributed by atoms with Gasteiger partial charge in [-0.15, -0.1) is 0 Å². The van der Waals surface area contributed by atoms with E-state index in [0.717, 1.165) is 46.0 Å². The Hall–Kier alpha value is -2.39. The second-order valence-corrected chi connectivity index (χ2v) is 11.6. The average molecular weight is 533 g/mol. The van der Waals surface area contributed by atoms with E-state index in [4.69, 9.17) is 11.6 Å². The fourth-order valence-corrected chi connectivity index (χ4v) is 5.21. The number of nitrogens with one attached hydrogen (secondary N) is 3. The van der Waals surface area contributed by atoms with E-state index in [1.54, 1.807) is 6.07 Å². The van der Waals surface area contributed by atoms with Crippen LogP contribution in [0.3, 0.4) is 0 Å². The highest BCUT2D eigenvalue weighted by molar-refractivity contribution is 7.16. The molecule has 9 heteroatoms. The SMILES string of the molecule is CC(C)(C)CN(CCNCCc1ccc(O)c2[nH]c(=O)sc12)C(=O)CCNCCc1cccc(Cl)c1. The number of carbonyl (C=O) groups is 1. The number of nitrogens with zero attached hydrogens (tertiary/aromatic N) is 1. The summed E-state index contributed by atoms with van der Waals surface area (Å²) < 4.78 is 0.800. The van der Waals surface area contributed by atoms with Gasteiger partial charge in [0.05, 0.1) is 4.70 Å². The predicted molar refractivity (Wildman–Crippen MR) is 149 cm³/mol. The quantitative estimate of drug-likeness (QED) is 0.248. The van der Waals surface area contributed by atoms with E-state index in [1.807, 2.05) is 29.2 Å². The molecule has 0 saturated heterocycles. The monoisotopic (exact) mass is 532 g/mol. The third-order valence-corrected chi connectivity index (χ3v) is 6.97. The molecule has 0 radical (unpaired) electrons. The van der Waals surface area contributed by atoms with Gasteiger partial charge >= 0.3 is 4.87 Å². The lowest BCUT2D eigenvalue weighted by molar-refractivity contribution is -0.132. The molecule has 0 saturated carbocycles. The molecular formula is C27H37ClN4O3S. The third-order valence-electron chi connectivity index (χ3n) is 5.78. The number of aromatic nitrogens is 1. The summed E-state index contributed by atoms with van der Waals surface area (Å²) in [5.41, 5.74) is 2.72. The fourth-order valence-electron chi connectivity index (χ4n) is 4.10. The van der Waals surface area contributed by atoms with Crippen molar-refractivity contribution in [1.82, 2.24) is 20.5 Å². The summed E-state index contributed by atoms with van der Waals surface area (Å²) in [5, 5.41) is 17.5. The number of fused-ring (bicyclic) bond motifs is 1. The molecule has 0 aliphatic heterocycles. The lowest BCUT2D eigenvalue weighted by atomic mass is 9.96. The van der Waals surface area contributed by atoms with E-state index in [1.165, 1.54) is 5.56 Å². The smallest absolute Gasteiger partial charge is 0.305 e. The number of benzene rings is 2. The number of amides is 1. The molecule has 1 aromatic heterocycles. The second kappa shape index (κ2) is 13.2. The summed E-state index contributed by atoms with van der Waals surface area (Å²) in [5.74, 6) is 0.245. The zero-order valence-electron chi connectivity index (χ0n) is 21.3. The van der Waals surface area contributed by atoms with E-state index in [2.05, 4.69) is 42.5 Å². The van der Waals surface area contributed by atoms with E-state index >= 15 is 0 Å². The largest absolute Gasteiger partial charge is 0.506 e. The minimum atomic E-state index is -0.170. The molecule has 0 fully saturated rings. The van der Waals surface area contributed by atoms with E-state index in [9.17, 15) is 14.7 Å². The van der Waals surface area contributed by atoms with Crippen molar-refractivity contribution in [3.05, 3.63) is 62.2 Å². The predicted octanol–water partition coefficient (Wildman–Crippen LogP) is 4.18. The molecule has 0 spiro atoms. The molecular weight excluding hydrogens is 496 g/mol. The first-order valence-corrected chi connectivity index (χ1v) is 13.6. The summed E-state index contributed by atoms with van der Waals surface area (Å²) in [4.78, 5) is 29.1. The van der Waals surface area contributed by atoms with Gasteiger partial charge in [0.2, 0.25) is 5.91 Å². The first-order valence-electron chi connectivity index (χ1n) is 12.4. The molecule has 3 rings (SSSR count). The maximum absolute atomic E-state index is 12.9. The van der Waals surface area contributed by atoms with Gasteiger partial charge in [0.1, 0.15) is 11.3 Å². The minimum absolute atomic E-state index is 0.0129. The van der Waals surface area contributed by atoms with Gasteiger partial charge in [-0.2, -0.15) is 0 Å². The molecule has 0 aliphatic carbocycles. The summed E-state index contributed by atoms with van der Waals surface area (Å²) in [6.45, 7) is 10.6.